The zero-order valence-electron chi connectivity index (χ0n) is 17.3. The van der Waals surface area contributed by atoms with E-state index >= 15 is 0 Å². The topological polar surface area (TPSA) is 83.5 Å². The second kappa shape index (κ2) is 9.17. The Morgan fingerprint density at radius 3 is 2.17 bits per heavy atom. The molecule has 0 aliphatic carbocycles. The van der Waals surface area contributed by atoms with E-state index < -0.39 is 0 Å². The van der Waals surface area contributed by atoms with Gasteiger partial charge in [0.2, 0.25) is 11.9 Å². The minimum Gasteiger partial charge on any atom is -0.457 e. The van der Waals surface area contributed by atoms with Gasteiger partial charge in [0.05, 0.1) is 6.54 Å². The molecule has 1 amide bonds. The first kappa shape index (κ1) is 21.0. The third kappa shape index (κ3) is 5.40. The second-order valence-corrected chi connectivity index (χ2v) is 6.91. The molecule has 9 heteroatoms. The van der Waals surface area contributed by atoms with Crippen LogP contribution >= 0.6 is 0 Å². The van der Waals surface area contributed by atoms with Crippen LogP contribution in [0, 0.1) is 5.82 Å². The molecule has 0 radical (unpaired) electrons. The summed E-state index contributed by atoms with van der Waals surface area (Å²) in [4.78, 5) is 29.2. The van der Waals surface area contributed by atoms with E-state index in [1.807, 2.05) is 28.2 Å². The van der Waals surface area contributed by atoms with Crippen molar-refractivity contribution in [2.24, 2.45) is 0 Å². The normalized spacial score (nSPS) is 10.4. The van der Waals surface area contributed by atoms with Gasteiger partial charge in [-0.3, -0.25) is 4.79 Å². The van der Waals surface area contributed by atoms with Gasteiger partial charge in [0, 0.05) is 33.8 Å². The molecule has 0 aliphatic rings. The average molecular weight is 410 g/mol. The van der Waals surface area contributed by atoms with Crippen LogP contribution in [0.2, 0.25) is 0 Å². The van der Waals surface area contributed by atoms with Crippen LogP contribution in [-0.4, -0.2) is 49.0 Å². The lowest BCUT2D eigenvalue weighted by molar-refractivity contribution is 0.0949. The van der Waals surface area contributed by atoms with Crippen molar-refractivity contribution in [2.45, 2.75) is 6.54 Å². The lowest BCUT2D eigenvalue weighted by Gasteiger charge is -2.16. The highest BCUT2D eigenvalue weighted by Crippen LogP contribution is 2.22. The lowest BCUT2D eigenvalue weighted by atomic mass is 10.2. The number of ether oxygens (including phenoxy) is 1. The van der Waals surface area contributed by atoms with Crippen LogP contribution in [-0.2, 0) is 6.54 Å². The van der Waals surface area contributed by atoms with Gasteiger partial charge in [0.15, 0.2) is 5.82 Å². The molecule has 2 aromatic carbocycles. The molecule has 8 nitrogen and oxygen atoms in total. The molecule has 0 aliphatic heterocycles. The number of nitrogens with zero attached hydrogens (tertiary/aromatic N) is 5. The van der Waals surface area contributed by atoms with Crippen LogP contribution in [0.1, 0.15) is 16.2 Å². The van der Waals surface area contributed by atoms with Gasteiger partial charge in [0.1, 0.15) is 17.3 Å². The Morgan fingerprint density at radius 1 is 0.933 bits per heavy atom. The smallest absolute Gasteiger partial charge is 0.251 e. The van der Waals surface area contributed by atoms with Gasteiger partial charge in [-0.15, -0.1) is 0 Å². The molecule has 0 bridgehead atoms. The summed E-state index contributed by atoms with van der Waals surface area (Å²) in [5.41, 5.74) is 0.421. The fraction of sp³-hybridized carbons (Fsp3) is 0.238. The molecule has 3 rings (SSSR count). The highest BCUT2D eigenvalue weighted by atomic mass is 19.1. The lowest BCUT2D eigenvalue weighted by Crippen LogP contribution is -2.26. The Balaban J connectivity index is 1.70. The summed E-state index contributed by atoms with van der Waals surface area (Å²) in [7, 11) is 7.35. The van der Waals surface area contributed by atoms with Crippen LogP contribution in [0.5, 0.6) is 11.5 Å². The highest BCUT2D eigenvalue weighted by Gasteiger charge is 2.12. The molecule has 30 heavy (non-hydrogen) atoms. The zero-order chi connectivity index (χ0) is 21.7. The predicted octanol–water partition coefficient (Wildman–Crippen LogP) is 2.87. The second-order valence-electron chi connectivity index (χ2n) is 6.91. The maximum Gasteiger partial charge on any atom is 0.251 e. The number of hydrogen-bond donors (Lipinski definition) is 1. The van der Waals surface area contributed by atoms with Gasteiger partial charge in [-0.05, 0) is 42.5 Å². The zero-order valence-corrected chi connectivity index (χ0v) is 17.3. The Hall–Kier alpha value is -3.75. The minimum atomic E-state index is -0.344. The van der Waals surface area contributed by atoms with Crippen LogP contribution in [0.3, 0.4) is 0 Å². The Bertz CT molecular complexity index is 998. The van der Waals surface area contributed by atoms with Crippen molar-refractivity contribution in [1.29, 1.82) is 0 Å². The maximum atomic E-state index is 13.0. The first-order valence-electron chi connectivity index (χ1n) is 9.23. The van der Waals surface area contributed by atoms with E-state index in [2.05, 4.69) is 20.3 Å². The maximum absolute atomic E-state index is 13.0. The molecular weight excluding hydrogens is 387 g/mol. The molecule has 1 heterocycles. The summed E-state index contributed by atoms with van der Waals surface area (Å²) < 4.78 is 18.7. The number of carbonyl (C=O) groups is 1. The summed E-state index contributed by atoms with van der Waals surface area (Å²) in [6.07, 6.45) is 0. The summed E-state index contributed by atoms with van der Waals surface area (Å²) in [5.74, 6) is 1.77. The van der Waals surface area contributed by atoms with Gasteiger partial charge in [-0.1, -0.05) is 6.07 Å². The van der Waals surface area contributed by atoms with Crippen LogP contribution < -0.4 is 19.9 Å². The number of rotatable bonds is 7. The first-order chi connectivity index (χ1) is 14.3. The number of amides is 1. The quantitative estimate of drug-likeness (QED) is 0.641. The van der Waals surface area contributed by atoms with Gasteiger partial charge in [-0.25, -0.2) is 4.39 Å². The molecule has 0 spiro atoms. The first-order valence-corrected chi connectivity index (χ1v) is 9.23. The standard InChI is InChI=1S/C21H23FN6O2/c1-27(2)20-24-18(25-21(26-20)28(3)4)13-23-19(29)14-6-5-7-17(12-14)30-16-10-8-15(22)9-11-16/h5-12H,13H2,1-4H3,(H,23,29). The van der Waals surface area contributed by atoms with E-state index in [9.17, 15) is 9.18 Å². The number of nitrogens with one attached hydrogen (secondary N) is 1. The van der Waals surface area contributed by atoms with Crippen LogP contribution in [0.4, 0.5) is 16.3 Å². The van der Waals surface area contributed by atoms with Crippen molar-refractivity contribution in [1.82, 2.24) is 20.3 Å². The molecule has 1 N–H and O–H groups in total. The third-order valence-corrected chi connectivity index (χ3v) is 4.01. The van der Waals surface area contributed by atoms with Crippen molar-refractivity contribution in [2.75, 3.05) is 38.0 Å². The Labute approximate surface area is 174 Å². The molecule has 0 fully saturated rings. The fourth-order valence-corrected chi connectivity index (χ4v) is 2.48. The number of hydrogen-bond acceptors (Lipinski definition) is 7. The van der Waals surface area contributed by atoms with E-state index in [4.69, 9.17) is 4.74 Å². The monoisotopic (exact) mass is 410 g/mol. The van der Waals surface area contributed by atoms with Gasteiger partial charge >= 0.3 is 0 Å². The van der Waals surface area contributed by atoms with E-state index in [0.717, 1.165) is 0 Å². The number of anilines is 2. The van der Waals surface area contributed by atoms with E-state index in [-0.39, 0.29) is 18.3 Å². The molecule has 0 unspecified atom stereocenters. The molecule has 0 atom stereocenters. The summed E-state index contributed by atoms with van der Waals surface area (Å²) >= 11 is 0. The Kier molecular flexibility index (Phi) is 6.41. The molecule has 0 saturated carbocycles. The van der Waals surface area contributed by atoms with Gasteiger partial charge in [0.25, 0.3) is 5.91 Å². The number of halogens is 1. The van der Waals surface area contributed by atoms with E-state index in [0.29, 0.717) is 34.8 Å². The molecule has 1 aromatic heterocycles. The van der Waals surface area contributed by atoms with Crippen molar-refractivity contribution < 1.29 is 13.9 Å². The third-order valence-electron chi connectivity index (χ3n) is 4.01. The van der Waals surface area contributed by atoms with E-state index in [1.54, 1.807) is 34.1 Å². The van der Waals surface area contributed by atoms with Crippen molar-refractivity contribution in [3.05, 3.63) is 65.7 Å². The SMILES string of the molecule is CN(C)c1nc(CNC(=O)c2cccc(Oc3ccc(F)cc3)c2)nc(N(C)C)n1. The molecule has 156 valence electrons. The predicted molar refractivity (Wildman–Crippen MR) is 113 cm³/mol. The summed E-state index contributed by atoms with van der Waals surface area (Å²) in [6.45, 7) is 0.145. The van der Waals surface area contributed by atoms with Crippen LogP contribution in [0.15, 0.2) is 48.5 Å². The molecule has 0 saturated heterocycles. The summed E-state index contributed by atoms with van der Waals surface area (Å²) in [5, 5.41) is 2.81. The Morgan fingerprint density at radius 2 is 1.57 bits per heavy atom. The minimum absolute atomic E-state index is 0.145. The van der Waals surface area contributed by atoms with Crippen molar-refractivity contribution in [3.63, 3.8) is 0 Å². The van der Waals surface area contributed by atoms with Gasteiger partial charge < -0.3 is 19.9 Å². The van der Waals surface area contributed by atoms with Crippen molar-refractivity contribution in [3.8, 4) is 11.5 Å². The highest BCUT2D eigenvalue weighted by molar-refractivity contribution is 5.94. The van der Waals surface area contributed by atoms with Gasteiger partial charge in [-0.2, -0.15) is 15.0 Å². The summed E-state index contributed by atoms with van der Waals surface area (Å²) in [6, 6.07) is 12.4. The molecule has 3 aromatic rings. The molecular formula is C21H23FN6O2. The van der Waals surface area contributed by atoms with Crippen LogP contribution in [0.25, 0.3) is 0 Å². The van der Waals surface area contributed by atoms with Crippen molar-refractivity contribution >= 4 is 17.8 Å². The fourth-order valence-electron chi connectivity index (χ4n) is 2.48. The van der Waals surface area contributed by atoms with E-state index in [1.165, 1.54) is 24.3 Å². The average Bonchev–Trinajstić information content (AvgIpc) is 2.73. The largest absolute Gasteiger partial charge is 0.457 e. The number of aromatic nitrogens is 3. The number of benzene rings is 2. The number of carbonyl (C=O) groups excluding carboxylic acids is 1.